The molecule has 168 valence electrons. The molecule has 1 fully saturated rings. The number of benzene rings is 1. The van der Waals surface area contributed by atoms with Gasteiger partial charge in [0.05, 0.1) is 17.8 Å². The lowest BCUT2D eigenvalue weighted by atomic mass is 9.98. The fraction of sp³-hybridized carbons (Fsp3) is 0.250. The third-order valence-corrected chi connectivity index (χ3v) is 5.74. The molecule has 33 heavy (non-hydrogen) atoms. The van der Waals surface area contributed by atoms with E-state index in [2.05, 4.69) is 9.97 Å². The number of hydrogen-bond acceptors (Lipinski definition) is 6. The molecule has 2 aromatic heterocycles. The standard InChI is InChI=1S/C24H22N4O5/c29-22(16-5-6-18-19(14-16)33-13-12-32-18)20-21(17-4-1-2-7-26-17)28(24(31)23(20)30)10-3-9-27-11-8-25-15-27/h1-2,4-8,11,14-15,21H,3,9-10,12-13H2,(H,29,30)/p+1. The Morgan fingerprint density at radius 3 is 2.79 bits per heavy atom. The average molecular weight is 447 g/mol. The van der Waals surface area contributed by atoms with Crippen molar-refractivity contribution in [2.75, 3.05) is 19.8 Å². The molecule has 0 radical (unpaired) electrons. The molecule has 4 heterocycles. The highest BCUT2D eigenvalue weighted by Gasteiger charge is 2.46. The number of Topliss-reactive ketones (excluding diaryl/α,β-unsaturated/α-hetero) is 1. The summed E-state index contributed by atoms with van der Waals surface area (Å²) in [4.78, 5) is 35.0. The van der Waals surface area contributed by atoms with Crippen molar-refractivity contribution in [1.29, 1.82) is 0 Å². The molecule has 1 atom stereocenters. The minimum absolute atomic E-state index is 0.0182. The number of H-pyrrole nitrogens is 1. The van der Waals surface area contributed by atoms with Crippen LogP contribution >= 0.6 is 0 Å². The van der Waals surface area contributed by atoms with E-state index in [1.165, 1.54) is 4.90 Å². The van der Waals surface area contributed by atoms with E-state index in [9.17, 15) is 14.7 Å². The first kappa shape index (κ1) is 20.7. The van der Waals surface area contributed by atoms with Gasteiger partial charge in [-0.05, 0) is 30.3 Å². The Labute approximate surface area is 189 Å². The fourth-order valence-corrected chi connectivity index (χ4v) is 4.19. The Morgan fingerprint density at radius 1 is 1.18 bits per heavy atom. The van der Waals surface area contributed by atoms with Crippen molar-refractivity contribution in [3.63, 3.8) is 0 Å². The van der Waals surface area contributed by atoms with Crippen LogP contribution in [0.4, 0.5) is 0 Å². The minimum Gasteiger partial charge on any atom is -0.507 e. The second-order valence-corrected chi connectivity index (χ2v) is 7.81. The molecule has 2 aliphatic rings. The van der Waals surface area contributed by atoms with Crippen LogP contribution in [0.15, 0.2) is 66.9 Å². The number of ether oxygens (including phenoxy) is 2. The summed E-state index contributed by atoms with van der Waals surface area (Å²) >= 11 is 0. The molecular formula is C24H23N4O5+. The van der Waals surface area contributed by atoms with Crippen LogP contribution in [0.2, 0.25) is 0 Å². The number of fused-ring (bicyclic) bond motifs is 1. The fourth-order valence-electron chi connectivity index (χ4n) is 4.19. The molecule has 1 aromatic carbocycles. The molecule has 9 heteroatoms. The number of aryl methyl sites for hydroxylation is 1. The molecule has 1 saturated heterocycles. The largest absolute Gasteiger partial charge is 0.507 e. The van der Waals surface area contributed by atoms with Crippen LogP contribution in [-0.2, 0) is 16.1 Å². The molecule has 0 aliphatic carbocycles. The summed E-state index contributed by atoms with van der Waals surface area (Å²) in [5.74, 6) is -0.584. The molecule has 0 saturated carbocycles. The van der Waals surface area contributed by atoms with Gasteiger partial charge < -0.3 is 19.5 Å². The third-order valence-electron chi connectivity index (χ3n) is 5.74. The number of likely N-dealkylation sites (tertiary alicyclic amines) is 1. The molecule has 3 aromatic rings. The number of pyridine rings is 1. The van der Waals surface area contributed by atoms with Crippen LogP contribution in [0, 0.1) is 0 Å². The highest BCUT2D eigenvalue weighted by Crippen LogP contribution is 2.40. The molecule has 9 nitrogen and oxygen atoms in total. The zero-order chi connectivity index (χ0) is 22.8. The second-order valence-electron chi connectivity index (χ2n) is 7.81. The number of aliphatic hydroxyl groups excluding tert-OH is 1. The summed E-state index contributed by atoms with van der Waals surface area (Å²) in [6.07, 6.45) is 7.77. The summed E-state index contributed by atoms with van der Waals surface area (Å²) in [5.41, 5.74) is 0.913. The minimum atomic E-state index is -0.782. The lowest BCUT2D eigenvalue weighted by molar-refractivity contribution is -0.695. The van der Waals surface area contributed by atoms with Crippen molar-refractivity contribution in [3.8, 4) is 11.5 Å². The summed E-state index contributed by atoms with van der Waals surface area (Å²) in [6, 6.07) is 9.48. The smallest absolute Gasteiger partial charge is 0.295 e. The van der Waals surface area contributed by atoms with Crippen molar-refractivity contribution in [2.45, 2.75) is 19.0 Å². The molecule has 2 aliphatic heterocycles. The number of amides is 1. The maximum atomic E-state index is 13.1. The Morgan fingerprint density at radius 2 is 2.03 bits per heavy atom. The van der Waals surface area contributed by atoms with Gasteiger partial charge in [0.15, 0.2) is 11.5 Å². The lowest BCUT2D eigenvalue weighted by Crippen LogP contribution is -2.36. The van der Waals surface area contributed by atoms with Crippen LogP contribution in [0.25, 0.3) is 5.76 Å². The summed E-state index contributed by atoms with van der Waals surface area (Å²) in [6.45, 7) is 1.85. The molecule has 0 bridgehead atoms. The predicted octanol–water partition coefficient (Wildman–Crippen LogP) is 1.98. The second kappa shape index (κ2) is 8.78. The number of ketones is 1. The van der Waals surface area contributed by atoms with Gasteiger partial charge in [0, 0.05) is 24.7 Å². The van der Waals surface area contributed by atoms with E-state index in [0.29, 0.717) is 55.5 Å². The summed E-state index contributed by atoms with van der Waals surface area (Å²) in [7, 11) is 0. The van der Waals surface area contributed by atoms with Crippen LogP contribution in [-0.4, -0.2) is 51.4 Å². The first-order valence-corrected chi connectivity index (χ1v) is 10.7. The number of carbonyl (C=O) groups is 2. The van der Waals surface area contributed by atoms with E-state index < -0.39 is 17.7 Å². The van der Waals surface area contributed by atoms with E-state index in [4.69, 9.17) is 9.47 Å². The van der Waals surface area contributed by atoms with E-state index in [1.807, 2.05) is 23.3 Å². The molecular weight excluding hydrogens is 424 g/mol. The third kappa shape index (κ3) is 3.93. The van der Waals surface area contributed by atoms with Crippen LogP contribution < -0.4 is 14.0 Å². The SMILES string of the molecule is O=C1C(=O)N(CCC[n+]2cc[nH]c2)C(c2ccccn2)C1=C(O)c1ccc2c(c1)OCCO2. The van der Waals surface area contributed by atoms with Gasteiger partial charge >= 0.3 is 0 Å². The Kier molecular flexibility index (Phi) is 5.52. The first-order chi connectivity index (χ1) is 16.1. The monoisotopic (exact) mass is 447 g/mol. The van der Waals surface area contributed by atoms with Gasteiger partial charge in [-0.15, -0.1) is 0 Å². The van der Waals surface area contributed by atoms with Gasteiger partial charge in [-0.3, -0.25) is 19.6 Å². The van der Waals surface area contributed by atoms with Crippen molar-refractivity contribution in [3.05, 3.63) is 78.1 Å². The maximum absolute atomic E-state index is 13.1. The molecule has 5 rings (SSSR count). The Bertz CT molecular complexity index is 1210. The Hall–Kier alpha value is -4.14. The van der Waals surface area contributed by atoms with Crippen LogP contribution in [0.1, 0.15) is 23.7 Å². The highest BCUT2D eigenvalue weighted by molar-refractivity contribution is 6.46. The normalized spacial score (nSPS) is 19.2. The summed E-state index contributed by atoms with van der Waals surface area (Å²) < 4.78 is 13.1. The number of hydrogen-bond donors (Lipinski definition) is 2. The number of carbonyl (C=O) groups excluding carboxylic acids is 2. The molecule has 0 spiro atoms. The average Bonchev–Trinajstić information content (AvgIpc) is 3.46. The maximum Gasteiger partial charge on any atom is 0.295 e. The zero-order valence-electron chi connectivity index (χ0n) is 17.8. The van der Waals surface area contributed by atoms with Gasteiger partial charge in [0.2, 0.25) is 6.33 Å². The lowest BCUT2D eigenvalue weighted by Gasteiger charge is -2.24. The number of aromatic nitrogens is 3. The molecule has 1 amide bonds. The van der Waals surface area contributed by atoms with E-state index in [0.717, 1.165) is 0 Å². The number of nitrogens with zero attached hydrogens (tertiary/aromatic N) is 3. The van der Waals surface area contributed by atoms with Gasteiger partial charge in [0.1, 0.15) is 37.4 Å². The van der Waals surface area contributed by atoms with Crippen molar-refractivity contribution < 1.29 is 28.7 Å². The van der Waals surface area contributed by atoms with Crippen molar-refractivity contribution in [1.82, 2.24) is 14.9 Å². The van der Waals surface area contributed by atoms with Crippen molar-refractivity contribution in [2.24, 2.45) is 0 Å². The number of nitrogens with one attached hydrogen (secondary N) is 1. The number of rotatable bonds is 6. The number of aromatic amines is 1. The zero-order valence-corrected chi connectivity index (χ0v) is 17.8. The highest BCUT2D eigenvalue weighted by atomic mass is 16.6. The van der Waals surface area contributed by atoms with E-state index in [1.54, 1.807) is 42.6 Å². The number of aliphatic hydroxyl groups is 1. The topological polar surface area (TPSA) is 109 Å². The Balaban J connectivity index is 1.52. The van der Waals surface area contributed by atoms with Gasteiger partial charge in [-0.1, -0.05) is 6.07 Å². The van der Waals surface area contributed by atoms with Gasteiger partial charge in [0.25, 0.3) is 11.7 Å². The van der Waals surface area contributed by atoms with Crippen molar-refractivity contribution >= 4 is 17.4 Å². The summed E-state index contributed by atoms with van der Waals surface area (Å²) in [5, 5.41) is 11.2. The van der Waals surface area contributed by atoms with Crippen LogP contribution in [0.3, 0.4) is 0 Å². The predicted molar refractivity (Wildman–Crippen MR) is 116 cm³/mol. The van der Waals surface area contributed by atoms with Gasteiger partial charge in [-0.2, -0.15) is 0 Å². The molecule has 2 N–H and O–H groups in total. The quantitative estimate of drug-likeness (QED) is 0.259. The number of imidazole rings is 1. The van der Waals surface area contributed by atoms with E-state index in [-0.39, 0.29) is 11.3 Å². The van der Waals surface area contributed by atoms with E-state index >= 15 is 0 Å². The van der Waals surface area contributed by atoms with Gasteiger partial charge in [-0.25, -0.2) is 4.57 Å². The first-order valence-electron chi connectivity index (χ1n) is 10.7. The van der Waals surface area contributed by atoms with Crippen LogP contribution in [0.5, 0.6) is 11.5 Å². The molecule has 1 unspecified atom stereocenters.